The van der Waals surface area contributed by atoms with Gasteiger partial charge in [0.05, 0.1) is 24.8 Å². The first-order valence-electron chi connectivity index (χ1n) is 6.44. The van der Waals surface area contributed by atoms with Gasteiger partial charge in [0.15, 0.2) is 0 Å². The second-order valence-electron chi connectivity index (χ2n) is 4.47. The van der Waals surface area contributed by atoms with Crippen molar-refractivity contribution in [3.63, 3.8) is 0 Å². The Labute approximate surface area is 127 Å². The van der Waals surface area contributed by atoms with E-state index in [0.29, 0.717) is 22.9 Å². The minimum Gasteiger partial charge on any atom is -0.496 e. The smallest absolute Gasteiger partial charge is 0.269 e. The molecule has 0 heterocycles. The summed E-state index contributed by atoms with van der Waals surface area (Å²) >= 11 is 0. The number of nitro groups is 1. The number of non-ortho nitro benzene ring substituents is 1. The highest BCUT2D eigenvalue weighted by Crippen LogP contribution is 2.35. The number of hydrogen-bond acceptors (Lipinski definition) is 6. The van der Waals surface area contributed by atoms with E-state index >= 15 is 0 Å². The molecular formula is C15H15N3O4. The molecule has 0 aromatic heterocycles. The van der Waals surface area contributed by atoms with Crippen molar-refractivity contribution in [3.05, 3.63) is 52.1 Å². The molecule has 0 N–H and O–H groups in total. The maximum Gasteiger partial charge on any atom is 0.269 e. The van der Waals surface area contributed by atoms with Crippen LogP contribution in [0.3, 0.4) is 0 Å². The number of nitrogens with zero attached hydrogens (tertiary/aromatic N) is 3. The lowest BCUT2D eigenvalue weighted by Crippen LogP contribution is -1.90. The molecule has 0 bridgehead atoms. The van der Waals surface area contributed by atoms with E-state index in [1.165, 1.54) is 31.4 Å². The molecule has 0 atom stereocenters. The molecule has 0 saturated carbocycles. The Bertz CT molecular complexity index is 711. The zero-order valence-corrected chi connectivity index (χ0v) is 12.4. The van der Waals surface area contributed by atoms with Gasteiger partial charge in [-0.05, 0) is 30.7 Å². The highest BCUT2D eigenvalue weighted by atomic mass is 16.6. The molecule has 114 valence electrons. The summed E-state index contributed by atoms with van der Waals surface area (Å²) in [6.07, 6.45) is 0. The maximum absolute atomic E-state index is 10.6. The summed E-state index contributed by atoms with van der Waals surface area (Å²) in [6, 6.07) is 9.36. The number of benzene rings is 2. The Hall–Kier alpha value is -2.96. The third-order valence-corrected chi connectivity index (χ3v) is 3.03. The number of nitro benzene ring substituents is 1. The third kappa shape index (κ3) is 3.38. The minimum absolute atomic E-state index is 0.0109. The Balaban J connectivity index is 2.29. The SMILES string of the molecule is COc1cc(OC)c(N=Nc2ccc([N+](=O)[O-])cc2)cc1C. The molecule has 0 amide bonds. The molecule has 0 fully saturated rings. The van der Waals surface area contributed by atoms with Crippen LogP contribution in [0, 0.1) is 17.0 Å². The fourth-order valence-corrected chi connectivity index (χ4v) is 1.87. The minimum atomic E-state index is -0.462. The van der Waals surface area contributed by atoms with Gasteiger partial charge in [0.1, 0.15) is 17.2 Å². The summed E-state index contributed by atoms with van der Waals surface area (Å²) in [5.74, 6) is 1.24. The number of aryl methyl sites for hydroxylation is 1. The van der Waals surface area contributed by atoms with Crippen molar-refractivity contribution in [2.24, 2.45) is 10.2 Å². The van der Waals surface area contributed by atoms with Gasteiger partial charge in [0.25, 0.3) is 5.69 Å². The van der Waals surface area contributed by atoms with Crippen molar-refractivity contribution in [1.29, 1.82) is 0 Å². The topological polar surface area (TPSA) is 86.3 Å². The van der Waals surface area contributed by atoms with Gasteiger partial charge in [0.2, 0.25) is 0 Å². The first kappa shape index (κ1) is 15.4. The van der Waals surface area contributed by atoms with E-state index in [1.54, 1.807) is 19.2 Å². The summed E-state index contributed by atoms with van der Waals surface area (Å²) in [6.45, 7) is 1.89. The predicted octanol–water partition coefficient (Wildman–Crippen LogP) is 4.34. The average Bonchev–Trinajstić information content (AvgIpc) is 2.53. The van der Waals surface area contributed by atoms with E-state index in [0.717, 1.165) is 5.56 Å². The summed E-state index contributed by atoms with van der Waals surface area (Å²) in [7, 11) is 3.12. The highest BCUT2D eigenvalue weighted by Gasteiger charge is 2.08. The third-order valence-electron chi connectivity index (χ3n) is 3.03. The zero-order chi connectivity index (χ0) is 16.1. The van der Waals surface area contributed by atoms with Gasteiger partial charge in [-0.1, -0.05) is 0 Å². The van der Waals surface area contributed by atoms with Crippen LogP contribution < -0.4 is 9.47 Å². The largest absolute Gasteiger partial charge is 0.496 e. The van der Waals surface area contributed by atoms with Crippen LogP contribution in [0.4, 0.5) is 17.1 Å². The van der Waals surface area contributed by atoms with E-state index < -0.39 is 4.92 Å². The lowest BCUT2D eigenvalue weighted by molar-refractivity contribution is -0.384. The molecule has 22 heavy (non-hydrogen) atoms. The fourth-order valence-electron chi connectivity index (χ4n) is 1.87. The first-order chi connectivity index (χ1) is 10.5. The molecule has 0 aliphatic carbocycles. The lowest BCUT2D eigenvalue weighted by Gasteiger charge is -2.09. The number of methoxy groups -OCH3 is 2. The van der Waals surface area contributed by atoms with Gasteiger partial charge in [-0.2, -0.15) is 5.11 Å². The van der Waals surface area contributed by atoms with Crippen molar-refractivity contribution in [2.45, 2.75) is 6.92 Å². The molecular weight excluding hydrogens is 286 g/mol. The lowest BCUT2D eigenvalue weighted by atomic mass is 10.2. The van der Waals surface area contributed by atoms with E-state index in [-0.39, 0.29) is 5.69 Å². The zero-order valence-electron chi connectivity index (χ0n) is 12.4. The summed E-state index contributed by atoms with van der Waals surface area (Å²) in [4.78, 5) is 10.1. The molecule has 2 aromatic carbocycles. The number of azo groups is 1. The fraction of sp³-hybridized carbons (Fsp3) is 0.200. The molecule has 2 aromatic rings. The van der Waals surface area contributed by atoms with E-state index in [2.05, 4.69) is 10.2 Å². The molecule has 2 rings (SSSR count). The summed E-state index contributed by atoms with van der Waals surface area (Å²) < 4.78 is 10.5. The average molecular weight is 301 g/mol. The Morgan fingerprint density at radius 1 is 1.00 bits per heavy atom. The van der Waals surface area contributed by atoms with E-state index in [9.17, 15) is 10.1 Å². The van der Waals surface area contributed by atoms with Gasteiger partial charge < -0.3 is 9.47 Å². The van der Waals surface area contributed by atoms with E-state index in [4.69, 9.17) is 9.47 Å². The van der Waals surface area contributed by atoms with Crippen LogP contribution in [0.5, 0.6) is 11.5 Å². The van der Waals surface area contributed by atoms with Crippen LogP contribution in [-0.2, 0) is 0 Å². The maximum atomic E-state index is 10.6. The van der Waals surface area contributed by atoms with Crippen molar-refractivity contribution in [1.82, 2.24) is 0 Å². The standard InChI is InChI=1S/C15H15N3O4/c1-10-8-13(15(22-3)9-14(10)21-2)17-16-11-4-6-12(7-5-11)18(19)20/h4-9H,1-3H3. The molecule has 0 unspecified atom stereocenters. The van der Waals surface area contributed by atoms with Gasteiger partial charge in [-0.15, -0.1) is 5.11 Å². The predicted molar refractivity (Wildman–Crippen MR) is 81.6 cm³/mol. The molecule has 0 saturated heterocycles. The van der Waals surface area contributed by atoms with Crippen LogP contribution in [0.25, 0.3) is 0 Å². The Morgan fingerprint density at radius 2 is 1.64 bits per heavy atom. The summed E-state index contributed by atoms with van der Waals surface area (Å²) in [5, 5.41) is 18.8. The number of rotatable bonds is 5. The van der Waals surface area contributed by atoms with E-state index in [1.807, 2.05) is 6.92 Å². The van der Waals surface area contributed by atoms with Crippen molar-refractivity contribution in [3.8, 4) is 11.5 Å². The van der Waals surface area contributed by atoms with Crippen LogP contribution in [0.1, 0.15) is 5.56 Å². The van der Waals surface area contributed by atoms with Crippen molar-refractivity contribution >= 4 is 17.1 Å². The highest BCUT2D eigenvalue weighted by molar-refractivity contribution is 5.58. The van der Waals surface area contributed by atoms with Crippen LogP contribution in [0.15, 0.2) is 46.6 Å². The quantitative estimate of drug-likeness (QED) is 0.467. The van der Waals surface area contributed by atoms with Gasteiger partial charge in [-0.25, -0.2) is 0 Å². The van der Waals surface area contributed by atoms with Crippen molar-refractivity contribution < 1.29 is 14.4 Å². The molecule has 0 spiro atoms. The van der Waals surface area contributed by atoms with Gasteiger partial charge in [-0.3, -0.25) is 10.1 Å². The number of ether oxygens (including phenoxy) is 2. The number of hydrogen-bond donors (Lipinski definition) is 0. The molecule has 0 radical (unpaired) electrons. The molecule has 0 aliphatic rings. The van der Waals surface area contributed by atoms with Crippen LogP contribution in [0.2, 0.25) is 0 Å². The summed E-state index contributed by atoms with van der Waals surface area (Å²) in [5.41, 5.74) is 1.98. The molecule has 7 nitrogen and oxygen atoms in total. The van der Waals surface area contributed by atoms with Crippen LogP contribution >= 0.6 is 0 Å². The Kier molecular flexibility index (Phi) is 4.67. The second kappa shape index (κ2) is 6.66. The monoisotopic (exact) mass is 301 g/mol. The second-order valence-corrected chi connectivity index (χ2v) is 4.47. The van der Waals surface area contributed by atoms with Crippen LogP contribution in [-0.4, -0.2) is 19.1 Å². The normalized spacial score (nSPS) is 10.7. The van der Waals surface area contributed by atoms with Gasteiger partial charge in [0, 0.05) is 18.2 Å². The van der Waals surface area contributed by atoms with Crippen molar-refractivity contribution in [2.75, 3.05) is 14.2 Å². The molecule has 0 aliphatic heterocycles. The first-order valence-corrected chi connectivity index (χ1v) is 6.44. The Morgan fingerprint density at radius 3 is 2.18 bits per heavy atom. The van der Waals surface area contributed by atoms with Gasteiger partial charge >= 0.3 is 0 Å². The molecule has 7 heteroatoms.